The Morgan fingerprint density at radius 3 is 2.65 bits per heavy atom. The van der Waals surface area contributed by atoms with Crippen LogP contribution < -0.4 is 10.9 Å². The van der Waals surface area contributed by atoms with E-state index in [0.29, 0.717) is 27.2 Å². The van der Waals surface area contributed by atoms with Crippen molar-refractivity contribution in [3.8, 4) is 0 Å². The van der Waals surface area contributed by atoms with E-state index in [4.69, 9.17) is 0 Å². The molecule has 0 spiro atoms. The number of aliphatic hydroxyl groups excluding tert-OH is 1. The Bertz CT molecular complexity index is 1010. The number of thiophene rings is 1. The molecule has 26 heavy (non-hydrogen) atoms. The van der Waals surface area contributed by atoms with Gasteiger partial charge < -0.3 is 10.4 Å². The maximum Gasteiger partial charge on any atom is 0.262 e. The molecule has 0 saturated heterocycles. The topological polar surface area (TPSA) is 84.2 Å². The lowest BCUT2D eigenvalue weighted by Crippen LogP contribution is -2.46. The Morgan fingerprint density at radius 1 is 1.31 bits per heavy atom. The van der Waals surface area contributed by atoms with Crippen molar-refractivity contribution < 1.29 is 9.90 Å². The quantitative estimate of drug-likeness (QED) is 0.721. The van der Waals surface area contributed by atoms with Crippen LogP contribution in [0.1, 0.15) is 34.6 Å². The molecule has 0 aliphatic carbocycles. The number of nitrogens with zero attached hydrogens (tertiary/aromatic N) is 2. The largest absolute Gasteiger partial charge is 0.394 e. The number of carbonyl (C=O) groups is 1. The molecule has 0 saturated carbocycles. The zero-order valence-corrected chi connectivity index (χ0v) is 15.8. The number of rotatable bonds is 5. The van der Waals surface area contributed by atoms with Crippen LogP contribution in [-0.2, 0) is 6.54 Å². The van der Waals surface area contributed by atoms with E-state index in [9.17, 15) is 14.7 Å². The van der Waals surface area contributed by atoms with Gasteiger partial charge in [0.25, 0.3) is 11.5 Å². The number of benzene rings is 1. The number of amides is 1. The molecule has 0 unspecified atom stereocenters. The number of nitrogens with one attached hydrogen (secondary N) is 1. The van der Waals surface area contributed by atoms with E-state index in [1.54, 1.807) is 25.3 Å². The average Bonchev–Trinajstić information content (AvgIpc) is 2.95. The molecule has 3 aromatic rings. The second-order valence-corrected chi connectivity index (χ2v) is 7.89. The lowest BCUT2D eigenvalue weighted by Gasteiger charge is -2.23. The monoisotopic (exact) mass is 371 g/mol. The van der Waals surface area contributed by atoms with E-state index >= 15 is 0 Å². The minimum absolute atomic E-state index is 0.159. The van der Waals surface area contributed by atoms with Gasteiger partial charge in [-0.3, -0.25) is 14.2 Å². The fraction of sp³-hybridized carbons (Fsp3) is 0.316. The lowest BCUT2D eigenvalue weighted by molar-refractivity contribution is 0.0873. The Hall–Kier alpha value is -2.51. The first-order valence-electron chi connectivity index (χ1n) is 8.28. The maximum atomic E-state index is 12.9. The molecule has 0 fully saturated rings. The van der Waals surface area contributed by atoms with Crippen LogP contribution in [-0.4, -0.2) is 32.7 Å². The summed E-state index contributed by atoms with van der Waals surface area (Å²) in [6, 6.07) is 9.68. The fourth-order valence-corrected chi connectivity index (χ4v) is 3.71. The van der Waals surface area contributed by atoms with Gasteiger partial charge in [0, 0.05) is 0 Å². The first-order valence-corrected chi connectivity index (χ1v) is 9.10. The van der Waals surface area contributed by atoms with Gasteiger partial charge in [-0.2, -0.15) is 0 Å². The van der Waals surface area contributed by atoms with Gasteiger partial charge in [-0.1, -0.05) is 30.3 Å². The second-order valence-electron chi connectivity index (χ2n) is 6.90. The summed E-state index contributed by atoms with van der Waals surface area (Å²) in [4.78, 5) is 30.8. The Kier molecular flexibility index (Phi) is 4.93. The van der Waals surface area contributed by atoms with E-state index in [1.807, 2.05) is 30.3 Å². The molecule has 2 N–H and O–H groups in total. The van der Waals surface area contributed by atoms with Gasteiger partial charge in [-0.15, -0.1) is 11.3 Å². The van der Waals surface area contributed by atoms with Crippen LogP contribution >= 0.6 is 11.3 Å². The van der Waals surface area contributed by atoms with Crippen molar-refractivity contribution in [2.24, 2.45) is 0 Å². The van der Waals surface area contributed by atoms with Crippen molar-refractivity contribution in [1.29, 1.82) is 0 Å². The summed E-state index contributed by atoms with van der Waals surface area (Å²) in [5.41, 5.74) is 0.733. The molecule has 6 nitrogen and oxygen atoms in total. The van der Waals surface area contributed by atoms with E-state index in [-0.39, 0.29) is 18.1 Å². The third kappa shape index (κ3) is 3.54. The summed E-state index contributed by atoms with van der Waals surface area (Å²) >= 11 is 1.19. The van der Waals surface area contributed by atoms with Crippen molar-refractivity contribution in [1.82, 2.24) is 14.9 Å². The number of aliphatic hydroxyl groups is 1. The highest BCUT2D eigenvalue weighted by Crippen LogP contribution is 2.27. The Morgan fingerprint density at radius 2 is 2.00 bits per heavy atom. The molecule has 0 atom stereocenters. The van der Waals surface area contributed by atoms with E-state index in [1.165, 1.54) is 17.7 Å². The van der Waals surface area contributed by atoms with Crippen LogP contribution in [0.15, 0.2) is 41.5 Å². The number of fused-ring (bicyclic) bond motifs is 1. The first kappa shape index (κ1) is 18.3. The summed E-state index contributed by atoms with van der Waals surface area (Å²) in [6.45, 7) is 5.48. The Balaban J connectivity index is 2.00. The second kappa shape index (κ2) is 7.01. The molecular weight excluding hydrogens is 350 g/mol. The SMILES string of the molecule is Cc1c(C(=O)NC(C)(C)CO)sc2ncn(Cc3ccccc3)c(=O)c12. The average molecular weight is 371 g/mol. The Labute approximate surface area is 155 Å². The summed E-state index contributed by atoms with van der Waals surface area (Å²) in [7, 11) is 0. The zero-order valence-electron chi connectivity index (χ0n) is 14.9. The molecule has 1 amide bonds. The summed E-state index contributed by atoms with van der Waals surface area (Å²) in [6.07, 6.45) is 1.52. The van der Waals surface area contributed by atoms with E-state index < -0.39 is 5.54 Å². The van der Waals surface area contributed by atoms with Gasteiger partial charge in [0.2, 0.25) is 0 Å². The smallest absolute Gasteiger partial charge is 0.262 e. The minimum atomic E-state index is -0.735. The molecule has 3 rings (SSSR count). The van der Waals surface area contributed by atoms with Crippen LogP contribution in [0, 0.1) is 6.92 Å². The minimum Gasteiger partial charge on any atom is -0.394 e. The normalized spacial score (nSPS) is 11.7. The number of hydrogen-bond acceptors (Lipinski definition) is 5. The summed E-state index contributed by atoms with van der Waals surface area (Å²) in [5, 5.41) is 12.6. The molecule has 2 heterocycles. The van der Waals surface area contributed by atoms with Crippen molar-refractivity contribution in [2.45, 2.75) is 32.9 Å². The van der Waals surface area contributed by atoms with Crippen LogP contribution in [0.2, 0.25) is 0 Å². The van der Waals surface area contributed by atoms with Crippen molar-refractivity contribution in [3.05, 3.63) is 63.0 Å². The van der Waals surface area contributed by atoms with Gasteiger partial charge in [-0.25, -0.2) is 4.98 Å². The molecule has 136 valence electrons. The highest BCUT2D eigenvalue weighted by Gasteiger charge is 2.24. The van der Waals surface area contributed by atoms with Gasteiger partial charge in [0.05, 0.1) is 35.3 Å². The molecule has 0 aliphatic rings. The van der Waals surface area contributed by atoms with Crippen LogP contribution in [0.5, 0.6) is 0 Å². The third-order valence-corrected chi connectivity index (χ3v) is 5.37. The maximum absolute atomic E-state index is 12.9. The number of hydrogen-bond donors (Lipinski definition) is 2. The summed E-state index contributed by atoms with van der Waals surface area (Å²) in [5.74, 6) is -0.307. The van der Waals surface area contributed by atoms with Crippen molar-refractivity contribution >= 4 is 27.5 Å². The molecule has 1 aromatic carbocycles. The first-order chi connectivity index (χ1) is 12.3. The van der Waals surface area contributed by atoms with Gasteiger partial charge in [0.15, 0.2) is 0 Å². The highest BCUT2D eigenvalue weighted by molar-refractivity contribution is 7.20. The third-order valence-electron chi connectivity index (χ3n) is 4.17. The predicted molar refractivity (Wildman–Crippen MR) is 103 cm³/mol. The number of carbonyl (C=O) groups excluding carboxylic acids is 1. The molecule has 0 bridgehead atoms. The highest BCUT2D eigenvalue weighted by atomic mass is 32.1. The van der Waals surface area contributed by atoms with Crippen molar-refractivity contribution in [2.75, 3.05) is 6.61 Å². The fourth-order valence-electron chi connectivity index (χ4n) is 2.67. The van der Waals surface area contributed by atoms with Crippen molar-refractivity contribution in [3.63, 3.8) is 0 Å². The lowest BCUT2D eigenvalue weighted by atomic mass is 10.1. The van der Waals surface area contributed by atoms with Crippen LogP contribution in [0.25, 0.3) is 10.2 Å². The van der Waals surface area contributed by atoms with E-state index in [0.717, 1.165) is 5.56 Å². The standard InChI is InChI=1S/C19H21N3O3S/c1-12-14-17(26-15(12)16(24)21-19(2,3)10-23)20-11-22(18(14)25)9-13-7-5-4-6-8-13/h4-8,11,23H,9-10H2,1-3H3,(H,21,24). The molecular formula is C19H21N3O3S. The predicted octanol–water partition coefficient (Wildman–Crippen LogP) is 2.32. The van der Waals surface area contributed by atoms with Gasteiger partial charge in [-0.05, 0) is 31.9 Å². The number of aromatic nitrogens is 2. The summed E-state index contributed by atoms with van der Waals surface area (Å²) < 4.78 is 1.55. The zero-order chi connectivity index (χ0) is 18.9. The molecule has 0 radical (unpaired) electrons. The molecule has 7 heteroatoms. The van der Waals surface area contributed by atoms with Gasteiger partial charge in [0.1, 0.15) is 4.83 Å². The molecule has 2 aromatic heterocycles. The van der Waals surface area contributed by atoms with Gasteiger partial charge >= 0.3 is 0 Å². The van der Waals surface area contributed by atoms with Crippen LogP contribution in [0.4, 0.5) is 0 Å². The number of aryl methyl sites for hydroxylation is 1. The van der Waals surface area contributed by atoms with Crippen LogP contribution in [0.3, 0.4) is 0 Å². The molecule has 0 aliphatic heterocycles. The van der Waals surface area contributed by atoms with E-state index in [2.05, 4.69) is 10.3 Å².